The summed E-state index contributed by atoms with van der Waals surface area (Å²) in [6.45, 7) is 3.07. The average molecular weight is 253 g/mol. The minimum Gasteiger partial charge on any atom is -0.371 e. The monoisotopic (exact) mass is 253 g/mol. The zero-order valence-corrected chi connectivity index (χ0v) is 11.2. The van der Waals surface area contributed by atoms with Crippen LogP contribution >= 0.6 is 0 Å². The number of ether oxygens (including phenoxy) is 1. The fraction of sp³-hybridized carbons (Fsp3) is 0.846. The van der Waals surface area contributed by atoms with Gasteiger partial charge in [0.25, 0.3) is 0 Å². The normalized spacial score (nSPS) is 19.0. The zero-order chi connectivity index (χ0) is 12.8. The Morgan fingerprint density at radius 1 is 1.33 bits per heavy atom. The molecule has 0 unspecified atom stereocenters. The summed E-state index contributed by atoms with van der Waals surface area (Å²) in [5, 5.41) is 3.89. The minimum absolute atomic E-state index is 0.145. The van der Waals surface area contributed by atoms with Crippen molar-refractivity contribution in [3.63, 3.8) is 0 Å². The number of hydrogen-bond donors (Lipinski definition) is 1. The second-order valence-electron chi connectivity index (χ2n) is 5.27. The lowest BCUT2D eigenvalue weighted by Gasteiger charge is -2.32. The van der Waals surface area contributed by atoms with E-state index in [4.69, 9.17) is 15.0 Å². The van der Waals surface area contributed by atoms with E-state index in [-0.39, 0.29) is 5.54 Å². The Hall–Kier alpha value is -0.940. The fourth-order valence-electron chi connectivity index (χ4n) is 2.41. The molecule has 0 aliphatic heterocycles. The summed E-state index contributed by atoms with van der Waals surface area (Å²) in [7, 11) is 0. The largest absolute Gasteiger partial charge is 0.371 e. The number of nitrogens with zero attached hydrogens (tertiary/aromatic N) is 2. The quantitative estimate of drug-likeness (QED) is 0.841. The SMILES string of the molecule is CCCc1nc(COCC2(N)CCCCC2)no1. The maximum atomic E-state index is 6.29. The van der Waals surface area contributed by atoms with Crippen LogP contribution in [0.15, 0.2) is 4.52 Å². The number of aromatic nitrogens is 2. The third-order valence-corrected chi connectivity index (χ3v) is 3.44. The topological polar surface area (TPSA) is 74.2 Å². The second kappa shape index (κ2) is 6.29. The van der Waals surface area contributed by atoms with Crippen molar-refractivity contribution in [3.8, 4) is 0 Å². The highest BCUT2D eigenvalue weighted by atomic mass is 16.5. The molecule has 0 bridgehead atoms. The van der Waals surface area contributed by atoms with Gasteiger partial charge in [0.15, 0.2) is 5.82 Å². The molecule has 0 radical (unpaired) electrons. The molecule has 5 heteroatoms. The summed E-state index contributed by atoms with van der Waals surface area (Å²) in [4.78, 5) is 4.26. The van der Waals surface area contributed by atoms with Crippen LogP contribution in [0, 0.1) is 0 Å². The van der Waals surface area contributed by atoms with E-state index in [0.29, 0.717) is 24.9 Å². The molecule has 1 aliphatic rings. The molecule has 0 saturated heterocycles. The maximum absolute atomic E-state index is 6.29. The molecular formula is C13H23N3O2. The Balaban J connectivity index is 1.73. The number of nitrogens with two attached hydrogens (primary N) is 1. The summed E-state index contributed by atoms with van der Waals surface area (Å²) in [6.07, 6.45) is 7.67. The predicted molar refractivity (Wildman–Crippen MR) is 68.0 cm³/mol. The van der Waals surface area contributed by atoms with E-state index in [1.165, 1.54) is 19.3 Å². The van der Waals surface area contributed by atoms with Crippen LogP contribution in [0.25, 0.3) is 0 Å². The molecule has 1 fully saturated rings. The van der Waals surface area contributed by atoms with Gasteiger partial charge in [-0.1, -0.05) is 31.3 Å². The van der Waals surface area contributed by atoms with E-state index in [2.05, 4.69) is 17.1 Å². The predicted octanol–water partition coefficient (Wildman–Crippen LogP) is 2.20. The highest BCUT2D eigenvalue weighted by molar-refractivity contribution is 4.88. The molecule has 0 amide bonds. The number of hydrogen-bond acceptors (Lipinski definition) is 5. The van der Waals surface area contributed by atoms with Crippen LogP contribution in [-0.4, -0.2) is 22.3 Å². The first kappa shape index (κ1) is 13.5. The van der Waals surface area contributed by atoms with Gasteiger partial charge >= 0.3 is 0 Å². The standard InChI is InChI=1S/C13H23N3O2/c1-2-6-12-15-11(16-18-12)9-17-10-13(14)7-4-3-5-8-13/h2-10,14H2,1H3. The number of aryl methyl sites for hydroxylation is 1. The number of rotatable bonds is 6. The average Bonchev–Trinajstić information content (AvgIpc) is 2.78. The molecule has 0 aromatic carbocycles. The van der Waals surface area contributed by atoms with E-state index < -0.39 is 0 Å². The van der Waals surface area contributed by atoms with Gasteiger partial charge in [-0.2, -0.15) is 4.98 Å². The molecule has 1 aromatic heterocycles. The third-order valence-electron chi connectivity index (χ3n) is 3.44. The molecule has 0 atom stereocenters. The fourth-order valence-corrected chi connectivity index (χ4v) is 2.41. The lowest BCUT2D eigenvalue weighted by Crippen LogP contribution is -2.46. The Morgan fingerprint density at radius 2 is 2.11 bits per heavy atom. The van der Waals surface area contributed by atoms with Crippen LogP contribution in [0.1, 0.15) is 57.2 Å². The molecule has 0 spiro atoms. The van der Waals surface area contributed by atoms with Gasteiger partial charge in [-0.15, -0.1) is 0 Å². The van der Waals surface area contributed by atoms with Gasteiger partial charge in [-0.05, 0) is 19.3 Å². The van der Waals surface area contributed by atoms with Crippen molar-refractivity contribution in [1.29, 1.82) is 0 Å². The van der Waals surface area contributed by atoms with Gasteiger partial charge in [-0.3, -0.25) is 0 Å². The molecule has 1 aromatic rings. The van der Waals surface area contributed by atoms with Crippen LogP contribution < -0.4 is 5.73 Å². The van der Waals surface area contributed by atoms with Gasteiger partial charge in [-0.25, -0.2) is 0 Å². The zero-order valence-electron chi connectivity index (χ0n) is 11.2. The Morgan fingerprint density at radius 3 is 2.83 bits per heavy atom. The molecule has 18 heavy (non-hydrogen) atoms. The van der Waals surface area contributed by atoms with Crippen LogP contribution in [0.5, 0.6) is 0 Å². The van der Waals surface area contributed by atoms with Gasteiger partial charge in [0.2, 0.25) is 5.89 Å². The minimum atomic E-state index is -0.145. The van der Waals surface area contributed by atoms with Crippen molar-refractivity contribution in [2.45, 2.75) is 64.0 Å². The van der Waals surface area contributed by atoms with E-state index >= 15 is 0 Å². The maximum Gasteiger partial charge on any atom is 0.226 e. The first-order chi connectivity index (χ1) is 8.72. The lowest BCUT2D eigenvalue weighted by molar-refractivity contribution is 0.0531. The molecule has 5 nitrogen and oxygen atoms in total. The molecular weight excluding hydrogens is 230 g/mol. The molecule has 102 valence electrons. The van der Waals surface area contributed by atoms with E-state index in [9.17, 15) is 0 Å². The highest BCUT2D eigenvalue weighted by Crippen LogP contribution is 2.26. The first-order valence-electron chi connectivity index (χ1n) is 6.90. The summed E-state index contributed by atoms with van der Waals surface area (Å²) in [6, 6.07) is 0. The van der Waals surface area contributed by atoms with Crippen molar-refractivity contribution < 1.29 is 9.26 Å². The Labute approximate surface area is 108 Å². The van der Waals surface area contributed by atoms with Gasteiger partial charge in [0.05, 0.1) is 6.61 Å². The molecule has 2 N–H and O–H groups in total. The van der Waals surface area contributed by atoms with Gasteiger partial charge in [0.1, 0.15) is 6.61 Å². The molecule has 1 heterocycles. The molecule has 1 saturated carbocycles. The van der Waals surface area contributed by atoms with Gasteiger partial charge < -0.3 is 15.0 Å². The van der Waals surface area contributed by atoms with Crippen molar-refractivity contribution >= 4 is 0 Å². The van der Waals surface area contributed by atoms with E-state index in [1.807, 2.05) is 0 Å². The smallest absolute Gasteiger partial charge is 0.226 e. The highest BCUT2D eigenvalue weighted by Gasteiger charge is 2.27. The molecule has 2 rings (SSSR count). The first-order valence-corrected chi connectivity index (χ1v) is 6.90. The molecule has 1 aliphatic carbocycles. The Bertz CT molecular complexity index is 359. The van der Waals surface area contributed by atoms with Crippen molar-refractivity contribution in [2.75, 3.05) is 6.61 Å². The van der Waals surface area contributed by atoms with Crippen LogP contribution in [0.3, 0.4) is 0 Å². The second-order valence-corrected chi connectivity index (χ2v) is 5.27. The Kier molecular flexibility index (Phi) is 4.72. The van der Waals surface area contributed by atoms with Gasteiger partial charge in [0, 0.05) is 12.0 Å². The third kappa shape index (κ3) is 3.78. The summed E-state index contributed by atoms with van der Waals surface area (Å²) >= 11 is 0. The summed E-state index contributed by atoms with van der Waals surface area (Å²) in [5.74, 6) is 1.31. The van der Waals surface area contributed by atoms with Crippen LogP contribution in [0.4, 0.5) is 0 Å². The van der Waals surface area contributed by atoms with Crippen LogP contribution in [0.2, 0.25) is 0 Å². The summed E-state index contributed by atoms with van der Waals surface area (Å²) < 4.78 is 10.7. The lowest BCUT2D eigenvalue weighted by atomic mass is 9.83. The van der Waals surface area contributed by atoms with E-state index in [0.717, 1.165) is 25.7 Å². The van der Waals surface area contributed by atoms with E-state index in [1.54, 1.807) is 0 Å². The van der Waals surface area contributed by atoms with Crippen molar-refractivity contribution in [3.05, 3.63) is 11.7 Å². The van der Waals surface area contributed by atoms with Crippen molar-refractivity contribution in [1.82, 2.24) is 10.1 Å². The summed E-state index contributed by atoms with van der Waals surface area (Å²) in [5.41, 5.74) is 6.14. The van der Waals surface area contributed by atoms with Crippen molar-refractivity contribution in [2.24, 2.45) is 5.73 Å². The van der Waals surface area contributed by atoms with Crippen LogP contribution in [-0.2, 0) is 17.8 Å².